The Bertz CT molecular complexity index is 532. The van der Waals surface area contributed by atoms with E-state index >= 15 is 0 Å². The summed E-state index contributed by atoms with van der Waals surface area (Å²) in [5, 5.41) is 0. The van der Waals surface area contributed by atoms with Crippen LogP contribution in [-0.4, -0.2) is 5.78 Å². The Balaban J connectivity index is 2.23. The second-order valence-corrected chi connectivity index (χ2v) is 6.72. The molecule has 0 atom stereocenters. The molecule has 0 bridgehead atoms. The lowest BCUT2D eigenvalue weighted by Gasteiger charge is -2.03. The van der Waals surface area contributed by atoms with E-state index < -0.39 is 0 Å². The molecule has 1 aromatic rings. The predicted octanol–water partition coefficient (Wildman–Crippen LogP) is 6.36. The van der Waals surface area contributed by atoms with Crippen molar-refractivity contribution in [3.05, 3.63) is 58.7 Å². The molecule has 0 aromatic heterocycles. The van der Waals surface area contributed by atoms with Crippen LogP contribution >= 0.6 is 0 Å². The molecule has 0 N–H and O–H groups in total. The van der Waals surface area contributed by atoms with Gasteiger partial charge >= 0.3 is 0 Å². The van der Waals surface area contributed by atoms with Crippen LogP contribution < -0.4 is 0 Å². The highest BCUT2D eigenvalue weighted by atomic mass is 16.1. The van der Waals surface area contributed by atoms with Crippen molar-refractivity contribution in [3.8, 4) is 0 Å². The molecule has 1 rings (SSSR count). The van der Waals surface area contributed by atoms with E-state index in [0.717, 1.165) is 38.5 Å². The highest BCUT2D eigenvalue weighted by Gasteiger charge is 1.96. The lowest BCUT2D eigenvalue weighted by Crippen LogP contribution is -1.89. The van der Waals surface area contributed by atoms with Gasteiger partial charge in [0.2, 0.25) is 0 Å². The number of hydrogen-bond acceptors (Lipinski definition) is 1. The summed E-state index contributed by atoms with van der Waals surface area (Å²) < 4.78 is 0. The molecule has 0 aliphatic carbocycles. The summed E-state index contributed by atoms with van der Waals surface area (Å²) in [5.41, 5.74) is 5.63. The van der Waals surface area contributed by atoms with Crippen molar-refractivity contribution < 1.29 is 4.79 Å². The van der Waals surface area contributed by atoms with Crippen LogP contribution in [0.4, 0.5) is 0 Å². The maximum atomic E-state index is 10.9. The first-order valence-electron chi connectivity index (χ1n) is 8.83. The Hall–Kier alpha value is -1.63. The van der Waals surface area contributed by atoms with E-state index in [1.165, 1.54) is 22.3 Å². The van der Waals surface area contributed by atoms with Gasteiger partial charge in [-0.3, -0.25) is 0 Å². The van der Waals surface area contributed by atoms with E-state index in [-0.39, 0.29) is 0 Å². The van der Waals surface area contributed by atoms with Gasteiger partial charge < -0.3 is 4.79 Å². The number of hydrogen-bond donors (Lipinski definition) is 0. The smallest absolute Gasteiger partial charge is 0.129 e. The Morgan fingerprint density at radius 3 is 2.13 bits per heavy atom. The first-order chi connectivity index (χ1) is 11.0. The van der Waals surface area contributed by atoms with E-state index in [9.17, 15) is 4.79 Å². The quantitative estimate of drug-likeness (QED) is 0.459. The van der Waals surface area contributed by atoms with E-state index in [1.54, 1.807) is 6.92 Å². The van der Waals surface area contributed by atoms with E-state index in [0.29, 0.717) is 12.2 Å². The summed E-state index contributed by atoms with van der Waals surface area (Å²) in [4.78, 5) is 10.9. The van der Waals surface area contributed by atoms with Crippen molar-refractivity contribution in [2.75, 3.05) is 0 Å². The summed E-state index contributed by atoms with van der Waals surface area (Å²) in [7, 11) is 0. The van der Waals surface area contributed by atoms with E-state index in [4.69, 9.17) is 0 Å². The van der Waals surface area contributed by atoms with Crippen LogP contribution in [0, 0.1) is 6.92 Å². The minimum atomic E-state index is 0.296. The number of Topliss-reactive ketones (excluding diaryl/α,β-unsaturated/α-hetero) is 1. The maximum absolute atomic E-state index is 10.9. The molecule has 1 nitrogen and oxygen atoms in total. The molecule has 0 aliphatic rings. The van der Waals surface area contributed by atoms with Crippen molar-refractivity contribution in [2.45, 2.75) is 72.6 Å². The summed E-state index contributed by atoms with van der Waals surface area (Å²) >= 11 is 0. The Morgan fingerprint density at radius 2 is 1.48 bits per heavy atom. The van der Waals surface area contributed by atoms with Crippen molar-refractivity contribution in [1.82, 2.24) is 0 Å². The fraction of sp³-hybridized carbons (Fsp3) is 0.500. The van der Waals surface area contributed by atoms with Crippen molar-refractivity contribution in [3.63, 3.8) is 0 Å². The standard InChI is InChI=1S/C22H32O/c1-18(10-6-12-21(4)23)8-5-9-19(2)11-7-13-22-16-14-20(3)15-17-22/h8,11,14-17H,5-7,9-10,12-13H2,1-4H3. The number of rotatable bonds is 10. The number of carbonyl (C=O) groups excluding carboxylic acids is 1. The van der Waals surface area contributed by atoms with E-state index in [1.807, 2.05) is 0 Å². The molecule has 0 spiro atoms. The molecule has 0 fully saturated rings. The molecule has 0 heterocycles. The van der Waals surface area contributed by atoms with Gasteiger partial charge in [0.05, 0.1) is 0 Å². The van der Waals surface area contributed by atoms with Gasteiger partial charge in [-0.05, 0) is 71.8 Å². The predicted molar refractivity (Wildman–Crippen MR) is 101 cm³/mol. The number of allylic oxidation sites excluding steroid dienone is 4. The minimum Gasteiger partial charge on any atom is -0.300 e. The highest BCUT2D eigenvalue weighted by Crippen LogP contribution is 2.13. The van der Waals surface area contributed by atoms with Crippen LogP contribution in [0.5, 0.6) is 0 Å². The van der Waals surface area contributed by atoms with Crippen molar-refractivity contribution >= 4 is 5.78 Å². The summed E-state index contributed by atoms with van der Waals surface area (Å²) in [6.45, 7) is 8.21. The number of carbonyl (C=O) groups is 1. The molecule has 126 valence electrons. The molecule has 0 radical (unpaired) electrons. The van der Waals surface area contributed by atoms with Gasteiger partial charge in [-0.2, -0.15) is 0 Å². The average Bonchev–Trinajstić information content (AvgIpc) is 2.49. The third-order valence-electron chi connectivity index (χ3n) is 4.18. The number of ketones is 1. The highest BCUT2D eigenvalue weighted by molar-refractivity contribution is 5.75. The normalized spacial score (nSPS) is 12.5. The van der Waals surface area contributed by atoms with Crippen LogP contribution in [0.2, 0.25) is 0 Å². The van der Waals surface area contributed by atoms with Crippen LogP contribution in [0.15, 0.2) is 47.6 Å². The lowest BCUT2D eigenvalue weighted by molar-refractivity contribution is -0.117. The fourth-order valence-electron chi connectivity index (χ4n) is 2.61. The zero-order chi connectivity index (χ0) is 17.1. The van der Waals surface area contributed by atoms with E-state index in [2.05, 4.69) is 57.2 Å². The molecule has 0 saturated carbocycles. The van der Waals surface area contributed by atoms with Gasteiger partial charge in [0.15, 0.2) is 0 Å². The van der Waals surface area contributed by atoms with Gasteiger partial charge in [-0.15, -0.1) is 0 Å². The largest absolute Gasteiger partial charge is 0.300 e. The average molecular weight is 312 g/mol. The van der Waals surface area contributed by atoms with Gasteiger partial charge in [0.1, 0.15) is 5.78 Å². The molecular formula is C22H32O. The van der Waals surface area contributed by atoms with Gasteiger partial charge in [-0.1, -0.05) is 53.1 Å². The fourth-order valence-corrected chi connectivity index (χ4v) is 2.61. The molecule has 0 amide bonds. The summed E-state index contributed by atoms with van der Waals surface area (Å²) in [6.07, 6.45) is 11.9. The topological polar surface area (TPSA) is 17.1 Å². The van der Waals surface area contributed by atoms with Crippen LogP contribution in [0.25, 0.3) is 0 Å². The molecule has 1 heteroatoms. The molecular weight excluding hydrogens is 280 g/mol. The first-order valence-corrected chi connectivity index (χ1v) is 8.83. The van der Waals surface area contributed by atoms with Gasteiger partial charge in [0.25, 0.3) is 0 Å². The van der Waals surface area contributed by atoms with Crippen molar-refractivity contribution in [1.29, 1.82) is 0 Å². The zero-order valence-electron chi connectivity index (χ0n) is 15.3. The summed E-state index contributed by atoms with van der Waals surface area (Å²) in [5.74, 6) is 0.296. The minimum absolute atomic E-state index is 0.296. The molecule has 0 saturated heterocycles. The second kappa shape index (κ2) is 11.0. The Labute approximate surface area is 142 Å². The lowest BCUT2D eigenvalue weighted by atomic mass is 10.0. The van der Waals surface area contributed by atoms with Gasteiger partial charge in [0, 0.05) is 6.42 Å². The Kier molecular flexibility index (Phi) is 9.28. The second-order valence-electron chi connectivity index (χ2n) is 6.72. The third-order valence-corrected chi connectivity index (χ3v) is 4.18. The molecule has 1 aromatic carbocycles. The van der Waals surface area contributed by atoms with Crippen LogP contribution in [0.3, 0.4) is 0 Å². The van der Waals surface area contributed by atoms with Crippen LogP contribution in [-0.2, 0) is 11.2 Å². The van der Waals surface area contributed by atoms with Crippen LogP contribution in [0.1, 0.15) is 70.4 Å². The summed E-state index contributed by atoms with van der Waals surface area (Å²) in [6, 6.07) is 8.83. The van der Waals surface area contributed by atoms with Gasteiger partial charge in [-0.25, -0.2) is 0 Å². The zero-order valence-corrected chi connectivity index (χ0v) is 15.3. The SMILES string of the molecule is CC(=O)CCCC(C)=CCCC(C)=CCCc1ccc(C)cc1. The first kappa shape index (κ1) is 19.4. The number of aryl methyl sites for hydroxylation is 2. The molecule has 23 heavy (non-hydrogen) atoms. The van der Waals surface area contributed by atoms with Crippen molar-refractivity contribution in [2.24, 2.45) is 0 Å². The maximum Gasteiger partial charge on any atom is 0.129 e. The molecule has 0 unspecified atom stereocenters. The number of benzene rings is 1. The monoisotopic (exact) mass is 312 g/mol. The molecule has 0 aliphatic heterocycles. The third kappa shape index (κ3) is 9.89. The Morgan fingerprint density at radius 1 is 0.870 bits per heavy atom.